The van der Waals surface area contributed by atoms with Gasteiger partial charge in [0, 0.05) is 18.2 Å². The first-order valence-electron chi connectivity index (χ1n) is 5.90. The number of halogens is 1. The number of Topliss-reactive ketones (excluding diaryl/α,β-unsaturated/α-hetero) is 1. The summed E-state index contributed by atoms with van der Waals surface area (Å²) in [5, 5.41) is 0.625. The molecule has 0 unspecified atom stereocenters. The van der Waals surface area contributed by atoms with Gasteiger partial charge in [0.2, 0.25) is 0 Å². The predicted molar refractivity (Wildman–Crippen MR) is 69.7 cm³/mol. The van der Waals surface area contributed by atoms with E-state index in [2.05, 4.69) is 9.97 Å². The van der Waals surface area contributed by atoms with Crippen LogP contribution in [0.4, 0.5) is 0 Å². The average molecular weight is 259 g/mol. The van der Waals surface area contributed by atoms with Gasteiger partial charge in [0.25, 0.3) is 0 Å². The predicted octanol–water partition coefficient (Wildman–Crippen LogP) is 3.32. The normalized spacial score (nSPS) is 14.4. The van der Waals surface area contributed by atoms with Crippen molar-refractivity contribution in [1.29, 1.82) is 0 Å². The molecular formula is C14H11ClN2O. The van der Waals surface area contributed by atoms with E-state index in [9.17, 15) is 4.79 Å². The minimum Gasteiger partial charge on any atom is -0.294 e. The number of hydrogen-bond acceptors (Lipinski definition) is 3. The van der Waals surface area contributed by atoms with E-state index in [4.69, 9.17) is 11.6 Å². The Bertz CT molecular complexity index is 625. The van der Waals surface area contributed by atoms with Crippen LogP contribution in [0.1, 0.15) is 28.9 Å². The van der Waals surface area contributed by atoms with Gasteiger partial charge in [0.1, 0.15) is 0 Å². The van der Waals surface area contributed by atoms with Crippen molar-refractivity contribution in [2.45, 2.75) is 19.3 Å². The Labute approximate surface area is 110 Å². The van der Waals surface area contributed by atoms with Crippen LogP contribution in [-0.2, 0) is 6.42 Å². The van der Waals surface area contributed by atoms with E-state index in [0.29, 0.717) is 22.8 Å². The smallest absolute Gasteiger partial charge is 0.166 e. The number of aryl methyl sites for hydroxylation is 1. The topological polar surface area (TPSA) is 42.9 Å². The Morgan fingerprint density at radius 2 is 1.94 bits per heavy atom. The molecule has 1 heterocycles. The summed E-state index contributed by atoms with van der Waals surface area (Å²) in [5.74, 6) is 0.732. The number of fused-ring (bicyclic) bond motifs is 1. The third kappa shape index (κ3) is 1.91. The molecule has 0 radical (unpaired) electrons. The standard InChI is InChI=1S/C14H11ClN2O/c15-11-5-2-1-4-9(11)14-16-8-10-12(17-14)6-3-7-13(10)18/h1-2,4-5,8H,3,6-7H2. The van der Waals surface area contributed by atoms with Crippen LogP contribution in [0.3, 0.4) is 0 Å². The van der Waals surface area contributed by atoms with Gasteiger partial charge < -0.3 is 0 Å². The Hall–Kier alpha value is -1.74. The lowest BCUT2D eigenvalue weighted by atomic mass is 9.96. The summed E-state index contributed by atoms with van der Waals surface area (Å²) in [4.78, 5) is 20.4. The van der Waals surface area contributed by atoms with Gasteiger partial charge in [0.15, 0.2) is 11.6 Å². The third-order valence-electron chi connectivity index (χ3n) is 3.10. The van der Waals surface area contributed by atoms with Crippen LogP contribution in [0, 0.1) is 0 Å². The van der Waals surface area contributed by atoms with E-state index < -0.39 is 0 Å². The largest absolute Gasteiger partial charge is 0.294 e. The Morgan fingerprint density at radius 3 is 2.78 bits per heavy atom. The number of benzene rings is 1. The number of hydrogen-bond donors (Lipinski definition) is 0. The van der Waals surface area contributed by atoms with Gasteiger partial charge in [0.05, 0.1) is 16.3 Å². The van der Waals surface area contributed by atoms with Crippen molar-refractivity contribution in [3.05, 3.63) is 46.7 Å². The summed E-state index contributed by atoms with van der Waals surface area (Å²) in [6, 6.07) is 7.46. The highest BCUT2D eigenvalue weighted by molar-refractivity contribution is 6.33. The molecule has 0 N–H and O–H groups in total. The van der Waals surface area contributed by atoms with Crippen LogP contribution in [0.5, 0.6) is 0 Å². The fourth-order valence-electron chi connectivity index (χ4n) is 2.16. The van der Waals surface area contributed by atoms with E-state index in [1.807, 2.05) is 24.3 Å². The van der Waals surface area contributed by atoms with E-state index in [1.54, 1.807) is 6.20 Å². The van der Waals surface area contributed by atoms with Crippen LogP contribution in [-0.4, -0.2) is 15.8 Å². The lowest BCUT2D eigenvalue weighted by molar-refractivity contribution is 0.0971. The zero-order valence-corrected chi connectivity index (χ0v) is 10.4. The maximum absolute atomic E-state index is 11.7. The Kier molecular flexibility index (Phi) is 2.84. The van der Waals surface area contributed by atoms with Crippen molar-refractivity contribution in [3.8, 4) is 11.4 Å². The molecule has 0 bridgehead atoms. The molecule has 4 heteroatoms. The molecule has 2 aromatic rings. The number of nitrogens with zero attached hydrogens (tertiary/aromatic N) is 2. The van der Waals surface area contributed by atoms with Crippen molar-refractivity contribution in [1.82, 2.24) is 9.97 Å². The summed E-state index contributed by atoms with van der Waals surface area (Å²) in [6.07, 6.45) is 3.93. The molecule has 3 nitrogen and oxygen atoms in total. The third-order valence-corrected chi connectivity index (χ3v) is 3.43. The Morgan fingerprint density at radius 1 is 1.11 bits per heavy atom. The second-order valence-corrected chi connectivity index (χ2v) is 4.72. The van der Waals surface area contributed by atoms with Crippen molar-refractivity contribution in [2.75, 3.05) is 0 Å². The first kappa shape index (κ1) is 11.4. The van der Waals surface area contributed by atoms with Crippen LogP contribution < -0.4 is 0 Å². The molecular weight excluding hydrogens is 248 g/mol. The second kappa shape index (κ2) is 4.50. The number of rotatable bonds is 1. The van der Waals surface area contributed by atoms with E-state index in [-0.39, 0.29) is 5.78 Å². The van der Waals surface area contributed by atoms with E-state index in [0.717, 1.165) is 24.1 Å². The van der Waals surface area contributed by atoms with E-state index >= 15 is 0 Å². The molecule has 0 atom stereocenters. The number of aromatic nitrogens is 2. The fourth-order valence-corrected chi connectivity index (χ4v) is 2.38. The summed E-state index contributed by atoms with van der Waals surface area (Å²) >= 11 is 6.12. The first-order chi connectivity index (χ1) is 8.75. The van der Waals surface area contributed by atoms with Crippen LogP contribution in [0.15, 0.2) is 30.5 Å². The molecule has 90 valence electrons. The van der Waals surface area contributed by atoms with Gasteiger partial charge in [-0.25, -0.2) is 9.97 Å². The number of carbonyl (C=O) groups is 1. The van der Waals surface area contributed by atoms with Crippen molar-refractivity contribution < 1.29 is 4.79 Å². The van der Waals surface area contributed by atoms with Crippen LogP contribution in [0.25, 0.3) is 11.4 Å². The molecule has 1 aliphatic carbocycles. The molecule has 0 aliphatic heterocycles. The molecule has 0 fully saturated rings. The number of carbonyl (C=O) groups excluding carboxylic acids is 1. The van der Waals surface area contributed by atoms with Crippen LogP contribution >= 0.6 is 11.6 Å². The molecule has 18 heavy (non-hydrogen) atoms. The molecule has 1 aromatic carbocycles. The molecule has 1 aliphatic rings. The van der Waals surface area contributed by atoms with Crippen molar-refractivity contribution in [2.24, 2.45) is 0 Å². The average Bonchev–Trinajstić information content (AvgIpc) is 2.39. The highest BCUT2D eigenvalue weighted by atomic mass is 35.5. The second-order valence-electron chi connectivity index (χ2n) is 4.31. The van der Waals surface area contributed by atoms with Crippen LogP contribution in [0.2, 0.25) is 5.02 Å². The summed E-state index contributed by atoms with van der Waals surface area (Å²) in [7, 11) is 0. The minimum atomic E-state index is 0.141. The quantitative estimate of drug-likeness (QED) is 0.788. The van der Waals surface area contributed by atoms with Crippen molar-refractivity contribution >= 4 is 17.4 Å². The van der Waals surface area contributed by atoms with Gasteiger partial charge in [-0.3, -0.25) is 4.79 Å². The zero-order valence-electron chi connectivity index (χ0n) is 9.69. The molecule has 0 amide bonds. The van der Waals surface area contributed by atoms with Gasteiger partial charge in [-0.2, -0.15) is 0 Å². The molecule has 1 aromatic heterocycles. The van der Waals surface area contributed by atoms with E-state index in [1.165, 1.54) is 0 Å². The molecule has 0 saturated heterocycles. The summed E-state index contributed by atoms with van der Waals surface area (Å²) < 4.78 is 0. The summed E-state index contributed by atoms with van der Waals surface area (Å²) in [6.45, 7) is 0. The lowest BCUT2D eigenvalue weighted by Gasteiger charge is -2.14. The molecule has 0 saturated carbocycles. The van der Waals surface area contributed by atoms with Crippen molar-refractivity contribution in [3.63, 3.8) is 0 Å². The maximum atomic E-state index is 11.7. The van der Waals surface area contributed by atoms with Gasteiger partial charge in [-0.05, 0) is 25.0 Å². The minimum absolute atomic E-state index is 0.141. The highest BCUT2D eigenvalue weighted by Gasteiger charge is 2.20. The molecule has 3 rings (SSSR count). The lowest BCUT2D eigenvalue weighted by Crippen LogP contribution is -2.13. The highest BCUT2D eigenvalue weighted by Crippen LogP contribution is 2.26. The SMILES string of the molecule is O=C1CCCc2nc(-c3ccccc3Cl)ncc21. The fraction of sp³-hybridized carbons (Fsp3) is 0.214. The molecule has 0 spiro atoms. The Balaban J connectivity index is 2.10. The number of ketones is 1. The van der Waals surface area contributed by atoms with Gasteiger partial charge in [-0.1, -0.05) is 23.7 Å². The maximum Gasteiger partial charge on any atom is 0.166 e. The van der Waals surface area contributed by atoms with Gasteiger partial charge >= 0.3 is 0 Å². The summed E-state index contributed by atoms with van der Waals surface area (Å²) in [5.41, 5.74) is 2.31. The van der Waals surface area contributed by atoms with Gasteiger partial charge in [-0.15, -0.1) is 0 Å². The zero-order chi connectivity index (χ0) is 12.5. The first-order valence-corrected chi connectivity index (χ1v) is 6.27. The monoisotopic (exact) mass is 258 g/mol.